The highest BCUT2D eigenvalue weighted by molar-refractivity contribution is 6.14. The highest BCUT2D eigenvalue weighted by Gasteiger charge is 2.10. The average Bonchev–Trinajstić information content (AvgIpc) is 2.38. The van der Waals surface area contributed by atoms with Crippen LogP contribution in [0.15, 0.2) is 48.5 Å². The molecule has 0 heterocycles. The molecule has 0 bridgehead atoms. The second kappa shape index (κ2) is 5.04. The number of non-ortho nitro benzene ring substituents is 1. The number of hydrogen-bond donors (Lipinski definition) is 0. The van der Waals surface area contributed by atoms with Crippen LogP contribution in [0.1, 0.15) is 22.5 Å². The van der Waals surface area contributed by atoms with Crippen LogP contribution in [-0.2, 0) is 0 Å². The maximum atomic E-state index is 10.6. The van der Waals surface area contributed by atoms with Crippen LogP contribution < -0.4 is 0 Å². The van der Waals surface area contributed by atoms with Crippen molar-refractivity contribution in [3.63, 3.8) is 0 Å². The predicted octanol–water partition coefficient (Wildman–Crippen LogP) is 3.16. The van der Waals surface area contributed by atoms with Gasteiger partial charge in [-0.3, -0.25) is 10.1 Å². The Labute approximate surface area is 107 Å². The Morgan fingerprint density at radius 3 is 2.33 bits per heavy atom. The molecule has 0 amide bonds. The first-order chi connectivity index (χ1) is 8.58. The normalized spacial score (nSPS) is 12.1. The number of hydrogen-bond acceptors (Lipinski definition) is 2. The van der Waals surface area contributed by atoms with Crippen molar-refractivity contribution in [1.82, 2.24) is 0 Å². The molecule has 0 spiro atoms. The molecule has 2 rings (SSSR count). The first-order valence-electron chi connectivity index (χ1n) is 5.64. The summed E-state index contributed by atoms with van der Waals surface area (Å²) in [4.78, 5) is 10.2. The summed E-state index contributed by atoms with van der Waals surface area (Å²) in [6.07, 6.45) is 0. The third-order valence-electron chi connectivity index (χ3n) is 2.86. The zero-order valence-electron chi connectivity index (χ0n) is 10.0. The van der Waals surface area contributed by atoms with Crippen molar-refractivity contribution in [2.45, 2.75) is 12.7 Å². The molecular weight excluding hydrogens is 225 g/mol. The molecular formula is C14H12BNO2. The summed E-state index contributed by atoms with van der Waals surface area (Å²) in [5.41, 5.74) is 3.09. The minimum atomic E-state index is -0.415. The van der Waals surface area contributed by atoms with Crippen molar-refractivity contribution in [2.24, 2.45) is 0 Å². The van der Waals surface area contributed by atoms with Crippen molar-refractivity contribution in [1.29, 1.82) is 0 Å². The summed E-state index contributed by atoms with van der Waals surface area (Å²) >= 11 is 0. The molecule has 0 fully saturated rings. The Morgan fingerprint density at radius 1 is 1.11 bits per heavy atom. The van der Waals surface area contributed by atoms with Gasteiger partial charge in [0.05, 0.1) is 12.8 Å². The van der Waals surface area contributed by atoms with Crippen LogP contribution in [0.3, 0.4) is 0 Å². The molecule has 1 atom stereocenters. The van der Waals surface area contributed by atoms with Gasteiger partial charge in [0.25, 0.3) is 5.69 Å². The number of nitro groups is 1. The molecule has 0 aliphatic heterocycles. The van der Waals surface area contributed by atoms with E-state index in [0.717, 1.165) is 16.7 Å². The van der Waals surface area contributed by atoms with Gasteiger partial charge in [0.2, 0.25) is 0 Å². The molecule has 1 unspecified atom stereocenters. The van der Waals surface area contributed by atoms with Gasteiger partial charge in [0.1, 0.15) is 0 Å². The molecule has 0 N–H and O–H groups in total. The van der Waals surface area contributed by atoms with Crippen LogP contribution in [0.4, 0.5) is 5.69 Å². The van der Waals surface area contributed by atoms with Gasteiger partial charge in [-0.1, -0.05) is 42.0 Å². The van der Waals surface area contributed by atoms with E-state index in [9.17, 15) is 10.1 Å². The molecule has 2 aromatic rings. The van der Waals surface area contributed by atoms with Crippen molar-refractivity contribution < 1.29 is 4.92 Å². The number of aryl methyl sites for hydroxylation is 1. The van der Waals surface area contributed by atoms with Crippen molar-refractivity contribution in [3.8, 4) is 0 Å². The standard InChI is InChI=1S/C14H12BNO2/c1-10-3-2-4-12(9-10)14(15)11-5-7-13(8-6-11)16(17)18/h2-9,14H,1H3. The summed E-state index contributed by atoms with van der Waals surface area (Å²) in [7, 11) is 6.14. The maximum Gasteiger partial charge on any atom is 0.269 e. The minimum absolute atomic E-state index is 0.0789. The summed E-state index contributed by atoms with van der Waals surface area (Å²) in [6.45, 7) is 2.01. The summed E-state index contributed by atoms with van der Waals surface area (Å²) < 4.78 is 0. The third-order valence-corrected chi connectivity index (χ3v) is 2.86. The van der Waals surface area contributed by atoms with Gasteiger partial charge in [0, 0.05) is 12.1 Å². The van der Waals surface area contributed by atoms with E-state index in [4.69, 9.17) is 7.85 Å². The van der Waals surface area contributed by atoms with Crippen molar-refractivity contribution in [2.75, 3.05) is 0 Å². The van der Waals surface area contributed by atoms with E-state index >= 15 is 0 Å². The molecule has 2 aromatic carbocycles. The van der Waals surface area contributed by atoms with Crippen molar-refractivity contribution >= 4 is 13.5 Å². The molecule has 4 heteroatoms. The van der Waals surface area contributed by atoms with Gasteiger partial charge in [-0.05, 0) is 23.9 Å². The van der Waals surface area contributed by atoms with Crippen LogP contribution in [0.5, 0.6) is 0 Å². The number of rotatable bonds is 3. The molecule has 0 saturated heterocycles. The number of nitro benzene ring substituents is 1. The second-order valence-electron chi connectivity index (χ2n) is 4.24. The zero-order valence-corrected chi connectivity index (χ0v) is 10.0. The minimum Gasteiger partial charge on any atom is -0.258 e. The van der Waals surface area contributed by atoms with Gasteiger partial charge in [-0.15, -0.1) is 0 Å². The molecule has 0 aromatic heterocycles. The Bertz CT molecular complexity index is 566. The zero-order chi connectivity index (χ0) is 13.1. The van der Waals surface area contributed by atoms with Crippen LogP contribution in [0, 0.1) is 17.0 Å². The monoisotopic (exact) mass is 237 g/mol. The van der Waals surface area contributed by atoms with E-state index in [-0.39, 0.29) is 11.5 Å². The Balaban J connectivity index is 2.28. The van der Waals surface area contributed by atoms with Gasteiger partial charge in [-0.25, -0.2) is 0 Å². The summed E-state index contributed by atoms with van der Waals surface area (Å²) in [5.74, 6) is -0.259. The smallest absolute Gasteiger partial charge is 0.258 e. The lowest BCUT2D eigenvalue weighted by Crippen LogP contribution is -2.01. The third kappa shape index (κ3) is 2.59. The lowest BCUT2D eigenvalue weighted by Gasteiger charge is -2.13. The highest BCUT2D eigenvalue weighted by atomic mass is 16.6. The topological polar surface area (TPSA) is 43.1 Å². The molecule has 0 aliphatic carbocycles. The fraction of sp³-hybridized carbons (Fsp3) is 0.143. The molecule has 3 nitrogen and oxygen atoms in total. The van der Waals surface area contributed by atoms with Crippen LogP contribution in [0.2, 0.25) is 0 Å². The largest absolute Gasteiger partial charge is 0.269 e. The van der Waals surface area contributed by atoms with Crippen LogP contribution in [0.25, 0.3) is 0 Å². The van der Waals surface area contributed by atoms with E-state index in [1.165, 1.54) is 12.1 Å². The first-order valence-corrected chi connectivity index (χ1v) is 5.64. The van der Waals surface area contributed by atoms with E-state index in [2.05, 4.69) is 0 Å². The fourth-order valence-electron chi connectivity index (χ4n) is 1.86. The number of nitrogens with zero attached hydrogens (tertiary/aromatic N) is 1. The maximum absolute atomic E-state index is 10.6. The van der Waals surface area contributed by atoms with Crippen LogP contribution >= 0.6 is 0 Å². The van der Waals surface area contributed by atoms with Gasteiger partial charge >= 0.3 is 0 Å². The molecule has 2 radical (unpaired) electrons. The quantitative estimate of drug-likeness (QED) is 0.467. The lowest BCUT2D eigenvalue weighted by molar-refractivity contribution is -0.384. The van der Waals surface area contributed by atoms with E-state index in [1.54, 1.807) is 12.1 Å². The summed E-state index contributed by atoms with van der Waals surface area (Å²) in [5, 5.41) is 10.6. The van der Waals surface area contributed by atoms with E-state index in [1.807, 2.05) is 31.2 Å². The molecule has 18 heavy (non-hydrogen) atoms. The number of benzene rings is 2. The van der Waals surface area contributed by atoms with Gasteiger partial charge in [0.15, 0.2) is 0 Å². The fourth-order valence-corrected chi connectivity index (χ4v) is 1.86. The Hall–Kier alpha value is -2.10. The molecule has 0 saturated carbocycles. The summed E-state index contributed by atoms with van der Waals surface area (Å²) in [6, 6.07) is 14.3. The SMILES string of the molecule is [B]C(c1ccc([N+](=O)[O-])cc1)c1cccc(C)c1. The second-order valence-corrected chi connectivity index (χ2v) is 4.24. The molecule has 88 valence electrons. The Morgan fingerprint density at radius 2 is 1.78 bits per heavy atom. The highest BCUT2D eigenvalue weighted by Crippen LogP contribution is 2.24. The molecule has 0 aliphatic rings. The van der Waals surface area contributed by atoms with Crippen molar-refractivity contribution in [3.05, 3.63) is 75.3 Å². The Kier molecular flexibility index (Phi) is 3.46. The predicted molar refractivity (Wildman–Crippen MR) is 71.9 cm³/mol. The van der Waals surface area contributed by atoms with E-state index < -0.39 is 4.92 Å². The van der Waals surface area contributed by atoms with E-state index in [0.29, 0.717) is 0 Å². The van der Waals surface area contributed by atoms with Crippen LogP contribution in [-0.4, -0.2) is 12.8 Å². The van der Waals surface area contributed by atoms with Gasteiger partial charge < -0.3 is 0 Å². The first kappa shape index (κ1) is 12.4. The van der Waals surface area contributed by atoms with Gasteiger partial charge in [-0.2, -0.15) is 0 Å². The lowest BCUT2D eigenvalue weighted by atomic mass is 9.75. The average molecular weight is 237 g/mol.